The topological polar surface area (TPSA) is 55.7 Å². The van der Waals surface area contributed by atoms with Crippen LogP contribution in [0.4, 0.5) is 0 Å². The van der Waals surface area contributed by atoms with Crippen molar-refractivity contribution in [3.05, 3.63) is 35.4 Å². The van der Waals surface area contributed by atoms with Crippen molar-refractivity contribution in [2.45, 2.75) is 38.5 Å². The highest BCUT2D eigenvalue weighted by molar-refractivity contribution is 5.25. The number of aliphatic hydroxyl groups is 2. The number of hydrogen-bond acceptors (Lipinski definition) is 4. The summed E-state index contributed by atoms with van der Waals surface area (Å²) in [6, 6.07) is 8.10. The van der Waals surface area contributed by atoms with Gasteiger partial charge in [-0.25, -0.2) is 0 Å². The zero-order valence-electron chi connectivity index (χ0n) is 12.3. The Hall–Kier alpha value is -0.940. The third-order valence-corrected chi connectivity index (χ3v) is 3.96. The first-order valence-corrected chi connectivity index (χ1v) is 7.52. The largest absolute Gasteiger partial charge is 0.392 e. The maximum absolute atomic E-state index is 10.1. The monoisotopic (exact) mass is 278 g/mol. The fraction of sp³-hybridized carbons (Fsp3) is 0.625. The van der Waals surface area contributed by atoms with Crippen LogP contribution in [-0.2, 0) is 6.61 Å². The molecule has 1 aromatic carbocycles. The van der Waals surface area contributed by atoms with Gasteiger partial charge >= 0.3 is 0 Å². The number of benzene rings is 1. The lowest BCUT2D eigenvalue weighted by atomic mass is 10.1. The quantitative estimate of drug-likeness (QED) is 0.703. The molecule has 1 aliphatic heterocycles. The highest BCUT2D eigenvalue weighted by atomic mass is 16.3. The van der Waals surface area contributed by atoms with Crippen molar-refractivity contribution in [2.24, 2.45) is 0 Å². The summed E-state index contributed by atoms with van der Waals surface area (Å²) < 4.78 is 0. The molecular weight excluding hydrogens is 252 g/mol. The fourth-order valence-electron chi connectivity index (χ4n) is 2.72. The highest BCUT2D eigenvalue weighted by Gasteiger charge is 2.16. The third-order valence-electron chi connectivity index (χ3n) is 3.96. The number of likely N-dealkylation sites (tertiary alicyclic amines) is 1. The molecule has 0 bridgehead atoms. The van der Waals surface area contributed by atoms with E-state index in [-0.39, 0.29) is 18.8 Å². The number of nitrogens with zero attached hydrogens (tertiary/aromatic N) is 1. The molecule has 4 nitrogen and oxygen atoms in total. The second kappa shape index (κ2) is 7.74. The van der Waals surface area contributed by atoms with Gasteiger partial charge in [0.25, 0.3) is 0 Å². The van der Waals surface area contributed by atoms with Gasteiger partial charge in [-0.3, -0.25) is 0 Å². The molecule has 3 N–H and O–H groups in total. The molecule has 1 heterocycles. The van der Waals surface area contributed by atoms with Gasteiger partial charge in [0.2, 0.25) is 0 Å². The van der Waals surface area contributed by atoms with Gasteiger partial charge in [-0.15, -0.1) is 0 Å². The molecule has 2 atom stereocenters. The summed E-state index contributed by atoms with van der Waals surface area (Å²) in [4.78, 5) is 2.32. The minimum absolute atomic E-state index is 0.0676. The molecule has 0 radical (unpaired) electrons. The first kappa shape index (κ1) is 15.4. The molecule has 20 heavy (non-hydrogen) atoms. The summed E-state index contributed by atoms with van der Waals surface area (Å²) in [6.07, 6.45) is 2.19. The minimum atomic E-state index is -0.323. The molecule has 4 heteroatoms. The van der Waals surface area contributed by atoms with Gasteiger partial charge in [-0.2, -0.15) is 0 Å². The van der Waals surface area contributed by atoms with Crippen LogP contribution in [-0.4, -0.2) is 47.4 Å². The zero-order valence-corrected chi connectivity index (χ0v) is 12.3. The molecule has 1 fully saturated rings. The number of nitrogens with one attached hydrogen (secondary N) is 1. The zero-order chi connectivity index (χ0) is 14.4. The van der Waals surface area contributed by atoms with Gasteiger partial charge < -0.3 is 20.4 Å². The van der Waals surface area contributed by atoms with Crippen molar-refractivity contribution in [3.8, 4) is 0 Å². The molecular formula is C16H26N2O2. The highest BCUT2D eigenvalue weighted by Crippen LogP contribution is 2.14. The molecule has 1 saturated heterocycles. The second-order valence-electron chi connectivity index (χ2n) is 5.69. The van der Waals surface area contributed by atoms with Crippen molar-refractivity contribution in [3.63, 3.8) is 0 Å². The van der Waals surface area contributed by atoms with Crippen LogP contribution in [0.2, 0.25) is 0 Å². The van der Waals surface area contributed by atoms with E-state index in [9.17, 15) is 5.11 Å². The summed E-state index contributed by atoms with van der Waals surface area (Å²) >= 11 is 0. The Morgan fingerprint density at radius 1 is 1.30 bits per heavy atom. The average Bonchev–Trinajstić information content (AvgIpc) is 2.97. The van der Waals surface area contributed by atoms with Crippen molar-refractivity contribution >= 4 is 0 Å². The van der Waals surface area contributed by atoms with E-state index in [1.165, 1.54) is 12.8 Å². The lowest BCUT2D eigenvalue weighted by Crippen LogP contribution is -2.37. The van der Waals surface area contributed by atoms with Crippen LogP contribution in [0.1, 0.15) is 36.9 Å². The van der Waals surface area contributed by atoms with Gasteiger partial charge in [0.15, 0.2) is 0 Å². The van der Waals surface area contributed by atoms with Gasteiger partial charge in [0.05, 0.1) is 12.7 Å². The summed E-state index contributed by atoms with van der Waals surface area (Å²) in [5.41, 5.74) is 2.07. The predicted molar refractivity (Wildman–Crippen MR) is 80.5 cm³/mol. The maximum atomic E-state index is 10.1. The molecule has 1 aromatic rings. The molecule has 2 rings (SSSR count). The van der Waals surface area contributed by atoms with Crippen molar-refractivity contribution in [1.29, 1.82) is 0 Å². The molecule has 1 aliphatic rings. The SMILES string of the molecule is CC(NCC(O)CN1CCCC1)c1cccc(CO)c1. The Kier molecular flexibility index (Phi) is 5.98. The van der Waals surface area contributed by atoms with Crippen LogP contribution >= 0.6 is 0 Å². The van der Waals surface area contributed by atoms with E-state index in [1.54, 1.807) is 0 Å². The number of β-amino-alcohol motifs (C(OH)–C–C–N with tert-alkyl or cyclic N) is 1. The van der Waals surface area contributed by atoms with Gasteiger partial charge in [0.1, 0.15) is 0 Å². The Morgan fingerprint density at radius 3 is 2.75 bits per heavy atom. The Bertz CT molecular complexity index is 405. The number of rotatable bonds is 7. The molecule has 2 unspecified atom stereocenters. The lowest BCUT2D eigenvalue weighted by molar-refractivity contribution is 0.121. The second-order valence-corrected chi connectivity index (χ2v) is 5.69. The summed E-state index contributed by atoms with van der Waals surface area (Å²) in [7, 11) is 0. The van der Waals surface area contributed by atoms with Crippen LogP contribution in [0.15, 0.2) is 24.3 Å². The first-order valence-electron chi connectivity index (χ1n) is 7.52. The van der Waals surface area contributed by atoms with Crippen molar-refractivity contribution in [2.75, 3.05) is 26.2 Å². The van der Waals surface area contributed by atoms with E-state index in [0.29, 0.717) is 6.54 Å². The lowest BCUT2D eigenvalue weighted by Gasteiger charge is -2.22. The van der Waals surface area contributed by atoms with Crippen LogP contribution in [0, 0.1) is 0 Å². The fourth-order valence-corrected chi connectivity index (χ4v) is 2.72. The number of aliphatic hydroxyl groups excluding tert-OH is 2. The summed E-state index contributed by atoms with van der Waals surface area (Å²) in [6.45, 7) is 5.74. The molecule has 0 aliphatic carbocycles. The Morgan fingerprint density at radius 2 is 2.05 bits per heavy atom. The molecule has 0 saturated carbocycles. The maximum Gasteiger partial charge on any atom is 0.0791 e. The van der Waals surface area contributed by atoms with Gasteiger partial charge in [-0.1, -0.05) is 24.3 Å². The molecule has 112 valence electrons. The first-order chi connectivity index (χ1) is 9.69. The summed E-state index contributed by atoms with van der Waals surface area (Å²) in [5.74, 6) is 0. The molecule has 0 spiro atoms. The van der Waals surface area contributed by atoms with E-state index < -0.39 is 0 Å². The van der Waals surface area contributed by atoms with Crippen molar-refractivity contribution in [1.82, 2.24) is 10.2 Å². The van der Waals surface area contributed by atoms with E-state index in [1.807, 2.05) is 24.3 Å². The standard InChI is InChI=1S/C16H26N2O2/c1-13(15-6-4-5-14(9-15)12-19)17-10-16(20)11-18-7-2-3-8-18/h4-6,9,13,16-17,19-20H,2-3,7-8,10-12H2,1H3. The average molecular weight is 278 g/mol. The van der Waals surface area contributed by atoms with E-state index in [0.717, 1.165) is 30.8 Å². The minimum Gasteiger partial charge on any atom is -0.392 e. The van der Waals surface area contributed by atoms with E-state index >= 15 is 0 Å². The van der Waals surface area contributed by atoms with Crippen LogP contribution in [0.3, 0.4) is 0 Å². The summed E-state index contributed by atoms with van der Waals surface area (Å²) in [5, 5.41) is 22.6. The van der Waals surface area contributed by atoms with Gasteiger partial charge in [-0.05, 0) is 44.0 Å². The van der Waals surface area contributed by atoms with Crippen LogP contribution in [0.5, 0.6) is 0 Å². The van der Waals surface area contributed by atoms with E-state index in [2.05, 4.69) is 17.1 Å². The molecule has 0 amide bonds. The smallest absolute Gasteiger partial charge is 0.0791 e. The normalized spacial score (nSPS) is 19.1. The van der Waals surface area contributed by atoms with Crippen LogP contribution < -0.4 is 5.32 Å². The number of hydrogen-bond donors (Lipinski definition) is 3. The molecule has 0 aromatic heterocycles. The Balaban J connectivity index is 1.77. The van der Waals surface area contributed by atoms with E-state index in [4.69, 9.17) is 5.11 Å². The van der Waals surface area contributed by atoms with Crippen LogP contribution in [0.25, 0.3) is 0 Å². The van der Waals surface area contributed by atoms with Crippen molar-refractivity contribution < 1.29 is 10.2 Å². The predicted octanol–water partition coefficient (Wildman–Crippen LogP) is 1.29. The van der Waals surface area contributed by atoms with Gasteiger partial charge in [0, 0.05) is 19.1 Å². The third kappa shape index (κ3) is 4.56. The Labute approximate surface area is 121 Å².